The first kappa shape index (κ1) is 7.17. The zero-order valence-corrected chi connectivity index (χ0v) is 4.85. The minimum atomic E-state index is -0.435. The number of amides is 1. The Bertz CT molecular complexity index is 118. The number of rotatable bonds is 2. The Kier molecular flexibility index (Phi) is 2.88. The van der Waals surface area contributed by atoms with Crippen molar-refractivity contribution < 1.29 is 4.79 Å². The van der Waals surface area contributed by atoms with Gasteiger partial charge in [-0.05, 0) is 6.92 Å². The van der Waals surface area contributed by atoms with Crippen molar-refractivity contribution in [2.45, 2.75) is 6.92 Å². The first-order chi connectivity index (χ1) is 3.72. The predicted molar refractivity (Wildman–Crippen MR) is 32.0 cm³/mol. The summed E-state index contributed by atoms with van der Waals surface area (Å²) in [7, 11) is 0. The van der Waals surface area contributed by atoms with Gasteiger partial charge in [0.15, 0.2) is 0 Å². The molecule has 8 heavy (non-hydrogen) atoms. The molecule has 0 heterocycles. The van der Waals surface area contributed by atoms with Gasteiger partial charge in [-0.25, -0.2) is 0 Å². The van der Waals surface area contributed by atoms with Gasteiger partial charge in [-0.1, -0.05) is 6.08 Å². The van der Waals surface area contributed by atoms with Crippen LogP contribution in [0.2, 0.25) is 0 Å². The summed E-state index contributed by atoms with van der Waals surface area (Å²) in [5.41, 5.74) is 10.5. The lowest BCUT2D eigenvalue weighted by atomic mass is 10.2. The summed E-state index contributed by atoms with van der Waals surface area (Å²) in [5, 5.41) is 0. The lowest BCUT2D eigenvalue weighted by molar-refractivity contribution is -0.114. The zero-order valence-electron chi connectivity index (χ0n) is 4.85. The van der Waals surface area contributed by atoms with Crippen LogP contribution < -0.4 is 11.5 Å². The molecule has 0 bridgehead atoms. The third-order valence-corrected chi connectivity index (χ3v) is 0.885. The summed E-state index contributed by atoms with van der Waals surface area (Å²) in [6.07, 6.45) is 1.61. The molecule has 0 unspecified atom stereocenters. The van der Waals surface area contributed by atoms with E-state index in [1.807, 2.05) is 0 Å². The third kappa shape index (κ3) is 1.75. The second kappa shape index (κ2) is 3.21. The van der Waals surface area contributed by atoms with Crippen molar-refractivity contribution >= 4 is 5.91 Å². The van der Waals surface area contributed by atoms with Gasteiger partial charge in [0.25, 0.3) is 0 Å². The maximum absolute atomic E-state index is 10.2. The lowest BCUT2D eigenvalue weighted by Crippen LogP contribution is -2.19. The predicted octanol–water partition coefficient (Wildman–Crippen LogP) is -0.623. The summed E-state index contributed by atoms with van der Waals surface area (Å²) in [4.78, 5) is 10.2. The maximum Gasteiger partial charge on any atom is 0.245 e. The van der Waals surface area contributed by atoms with Crippen LogP contribution in [-0.4, -0.2) is 12.5 Å². The van der Waals surface area contributed by atoms with Crippen molar-refractivity contribution in [3.05, 3.63) is 11.6 Å². The highest BCUT2D eigenvalue weighted by Gasteiger charge is 1.96. The molecule has 3 nitrogen and oxygen atoms in total. The van der Waals surface area contributed by atoms with E-state index in [2.05, 4.69) is 0 Å². The fraction of sp³-hybridized carbons (Fsp3) is 0.400. The van der Waals surface area contributed by atoms with Crippen LogP contribution in [-0.2, 0) is 4.79 Å². The van der Waals surface area contributed by atoms with Crippen molar-refractivity contribution in [1.82, 2.24) is 0 Å². The summed E-state index contributed by atoms with van der Waals surface area (Å²) in [6.45, 7) is 1.96. The van der Waals surface area contributed by atoms with E-state index in [4.69, 9.17) is 11.5 Å². The van der Waals surface area contributed by atoms with Crippen molar-refractivity contribution in [3.63, 3.8) is 0 Å². The van der Waals surface area contributed by atoms with Crippen LogP contribution in [0.4, 0.5) is 0 Å². The van der Waals surface area contributed by atoms with Gasteiger partial charge in [-0.15, -0.1) is 0 Å². The van der Waals surface area contributed by atoms with E-state index in [9.17, 15) is 4.79 Å². The van der Waals surface area contributed by atoms with Crippen LogP contribution in [0.1, 0.15) is 6.92 Å². The van der Waals surface area contributed by atoms with Gasteiger partial charge in [0.05, 0.1) is 0 Å². The minimum Gasteiger partial charge on any atom is -0.366 e. The minimum absolute atomic E-state index is 0.228. The summed E-state index contributed by atoms with van der Waals surface area (Å²) in [5.74, 6) is -0.435. The molecule has 0 aromatic rings. The summed E-state index contributed by atoms with van der Waals surface area (Å²) < 4.78 is 0. The Morgan fingerprint density at radius 3 is 2.25 bits per heavy atom. The average Bonchev–Trinajstić information content (AvgIpc) is 1.69. The molecule has 4 N–H and O–H groups in total. The van der Waals surface area contributed by atoms with Crippen LogP contribution in [0.5, 0.6) is 0 Å². The Hall–Kier alpha value is -0.830. The van der Waals surface area contributed by atoms with Crippen LogP contribution in [0.25, 0.3) is 0 Å². The van der Waals surface area contributed by atoms with E-state index in [0.29, 0.717) is 5.57 Å². The number of primary amides is 1. The Morgan fingerprint density at radius 1 is 1.75 bits per heavy atom. The number of nitrogens with two attached hydrogens (primary N) is 2. The fourth-order valence-corrected chi connectivity index (χ4v) is 0.361. The number of hydrogen-bond acceptors (Lipinski definition) is 2. The van der Waals surface area contributed by atoms with Gasteiger partial charge in [-0.3, -0.25) is 4.79 Å². The van der Waals surface area contributed by atoms with E-state index in [1.54, 1.807) is 13.0 Å². The molecule has 1 amide bonds. The van der Waals surface area contributed by atoms with E-state index in [1.165, 1.54) is 0 Å². The highest BCUT2D eigenvalue weighted by molar-refractivity contribution is 5.92. The summed E-state index contributed by atoms with van der Waals surface area (Å²) >= 11 is 0. The smallest absolute Gasteiger partial charge is 0.245 e. The topological polar surface area (TPSA) is 69.1 Å². The molecule has 0 aromatic heterocycles. The molecular weight excluding hydrogens is 104 g/mol. The SMILES string of the molecule is CC=C(CN)C(N)=O. The molecule has 46 valence electrons. The molecule has 0 rings (SSSR count). The van der Waals surface area contributed by atoms with Gasteiger partial charge in [0.1, 0.15) is 0 Å². The molecule has 0 aliphatic heterocycles. The molecule has 0 aromatic carbocycles. The van der Waals surface area contributed by atoms with Crippen LogP contribution >= 0.6 is 0 Å². The number of allylic oxidation sites excluding steroid dienone is 1. The maximum atomic E-state index is 10.2. The van der Waals surface area contributed by atoms with Crippen LogP contribution in [0, 0.1) is 0 Å². The quantitative estimate of drug-likeness (QED) is 0.469. The van der Waals surface area contributed by atoms with Crippen molar-refractivity contribution in [2.24, 2.45) is 11.5 Å². The normalized spacial score (nSPS) is 11.5. The lowest BCUT2D eigenvalue weighted by Gasteiger charge is -1.92. The Morgan fingerprint density at radius 2 is 2.25 bits per heavy atom. The molecule has 0 saturated carbocycles. The van der Waals surface area contributed by atoms with Gasteiger partial charge < -0.3 is 11.5 Å². The second-order valence-electron chi connectivity index (χ2n) is 1.38. The molecule has 0 atom stereocenters. The van der Waals surface area contributed by atoms with Crippen molar-refractivity contribution in [2.75, 3.05) is 6.54 Å². The van der Waals surface area contributed by atoms with Gasteiger partial charge in [-0.2, -0.15) is 0 Å². The molecule has 0 aliphatic carbocycles. The highest BCUT2D eigenvalue weighted by Crippen LogP contribution is 1.85. The first-order valence-corrected chi connectivity index (χ1v) is 2.37. The second-order valence-corrected chi connectivity index (χ2v) is 1.38. The van der Waals surface area contributed by atoms with E-state index >= 15 is 0 Å². The molecule has 0 saturated heterocycles. The Balaban J connectivity index is 3.92. The van der Waals surface area contributed by atoms with Gasteiger partial charge >= 0.3 is 0 Å². The highest BCUT2D eigenvalue weighted by atomic mass is 16.1. The van der Waals surface area contributed by atoms with Crippen LogP contribution in [0.3, 0.4) is 0 Å². The van der Waals surface area contributed by atoms with Crippen LogP contribution in [0.15, 0.2) is 11.6 Å². The Labute approximate surface area is 48.4 Å². The monoisotopic (exact) mass is 114 g/mol. The fourth-order valence-electron chi connectivity index (χ4n) is 0.361. The summed E-state index contributed by atoms with van der Waals surface area (Å²) in [6, 6.07) is 0. The number of carbonyl (C=O) groups excluding carboxylic acids is 1. The van der Waals surface area contributed by atoms with Gasteiger partial charge in [0.2, 0.25) is 5.91 Å². The zero-order chi connectivity index (χ0) is 6.57. The molecule has 3 heteroatoms. The average molecular weight is 114 g/mol. The van der Waals surface area contributed by atoms with Crippen molar-refractivity contribution in [1.29, 1.82) is 0 Å². The van der Waals surface area contributed by atoms with Gasteiger partial charge in [0, 0.05) is 12.1 Å². The molecule has 0 aliphatic rings. The standard InChI is InChI=1S/C5H10N2O/c1-2-4(3-6)5(7)8/h2H,3,6H2,1H3,(H2,7,8). The van der Waals surface area contributed by atoms with E-state index < -0.39 is 5.91 Å². The van der Waals surface area contributed by atoms with E-state index in [-0.39, 0.29) is 6.54 Å². The molecule has 0 fully saturated rings. The first-order valence-electron chi connectivity index (χ1n) is 2.37. The van der Waals surface area contributed by atoms with E-state index in [0.717, 1.165) is 0 Å². The largest absolute Gasteiger partial charge is 0.366 e. The van der Waals surface area contributed by atoms with Crippen molar-refractivity contribution in [3.8, 4) is 0 Å². The number of hydrogen-bond donors (Lipinski definition) is 2. The molecular formula is C5H10N2O. The molecule has 0 spiro atoms. The molecule has 0 radical (unpaired) electrons. The number of carbonyl (C=O) groups is 1. The third-order valence-electron chi connectivity index (χ3n) is 0.885.